The van der Waals surface area contributed by atoms with E-state index in [9.17, 15) is 4.79 Å². The van der Waals surface area contributed by atoms with Crippen molar-refractivity contribution in [1.82, 2.24) is 20.3 Å². The lowest BCUT2D eigenvalue weighted by Crippen LogP contribution is -2.31. The van der Waals surface area contributed by atoms with Gasteiger partial charge in [-0.25, -0.2) is 0 Å². The van der Waals surface area contributed by atoms with Crippen LogP contribution in [0.15, 0.2) is 18.2 Å². The van der Waals surface area contributed by atoms with Crippen molar-refractivity contribution in [3.63, 3.8) is 0 Å². The molecule has 1 aromatic carbocycles. The number of rotatable bonds is 7. The van der Waals surface area contributed by atoms with Gasteiger partial charge in [0.25, 0.3) is 0 Å². The minimum Gasteiger partial charge on any atom is -0.366 e. The van der Waals surface area contributed by atoms with Gasteiger partial charge in [0.2, 0.25) is 23.8 Å². The van der Waals surface area contributed by atoms with Gasteiger partial charge in [-0.05, 0) is 50.4 Å². The smallest absolute Gasteiger partial charge is 0.248 e. The number of benzene rings is 1. The number of nitrogens with zero attached hydrogens (tertiary/aromatic N) is 4. The molecule has 0 unspecified atom stereocenters. The van der Waals surface area contributed by atoms with Gasteiger partial charge in [0, 0.05) is 36.9 Å². The first-order valence-corrected chi connectivity index (χ1v) is 10.6. The SMILES string of the molecule is Cc1ccc(C(N)=O)cc1Nc1nc(N[C@H]2CCNC2)nc(N(C)C2CCCC2)n1. The molecule has 2 aliphatic rings. The van der Waals surface area contributed by atoms with E-state index in [1.807, 2.05) is 13.0 Å². The molecule has 0 radical (unpaired) electrons. The second kappa shape index (κ2) is 8.83. The molecule has 0 spiro atoms. The Hall–Kier alpha value is -2.94. The Labute approximate surface area is 176 Å². The zero-order valence-electron chi connectivity index (χ0n) is 17.6. The van der Waals surface area contributed by atoms with Crippen LogP contribution in [0, 0.1) is 6.92 Å². The number of primary amides is 1. The van der Waals surface area contributed by atoms with Crippen LogP contribution in [0.3, 0.4) is 0 Å². The van der Waals surface area contributed by atoms with E-state index in [-0.39, 0.29) is 0 Å². The monoisotopic (exact) mass is 410 g/mol. The quantitative estimate of drug-likeness (QED) is 0.548. The average Bonchev–Trinajstić information content (AvgIpc) is 3.43. The summed E-state index contributed by atoms with van der Waals surface area (Å²) in [5.41, 5.74) is 7.61. The molecule has 1 saturated carbocycles. The fourth-order valence-corrected chi connectivity index (χ4v) is 4.09. The molecule has 160 valence electrons. The summed E-state index contributed by atoms with van der Waals surface area (Å²) in [5.74, 6) is 1.19. The Morgan fingerprint density at radius 3 is 2.63 bits per heavy atom. The molecule has 1 aliphatic carbocycles. The zero-order chi connectivity index (χ0) is 21.1. The molecule has 2 fully saturated rings. The summed E-state index contributed by atoms with van der Waals surface area (Å²) >= 11 is 0. The molecule has 1 aliphatic heterocycles. The molecule has 2 aromatic rings. The molecule has 1 saturated heterocycles. The Bertz CT molecular complexity index is 906. The van der Waals surface area contributed by atoms with Gasteiger partial charge in [-0.3, -0.25) is 4.79 Å². The number of carbonyl (C=O) groups excluding carboxylic acids is 1. The second-order valence-electron chi connectivity index (χ2n) is 8.18. The van der Waals surface area contributed by atoms with Gasteiger partial charge >= 0.3 is 0 Å². The number of hydrogen-bond donors (Lipinski definition) is 4. The van der Waals surface area contributed by atoms with E-state index in [0.29, 0.717) is 35.5 Å². The Balaban J connectivity index is 1.64. The van der Waals surface area contributed by atoms with Crippen LogP contribution in [0.5, 0.6) is 0 Å². The van der Waals surface area contributed by atoms with Crippen LogP contribution in [0.25, 0.3) is 0 Å². The first kappa shape index (κ1) is 20.3. The van der Waals surface area contributed by atoms with E-state index in [4.69, 9.17) is 10.7 Å². The predicted octanol–water partition coefficient (Wildman–Crippen LogP) is 2.18. The highest BCUT2D eigenvalue weighted by Gasteiger charge is 2.24. The van der Waals surface area contributed by atoms with Gasteiger partial charge in [0.1, 0.15) is 0 Å². The molecule has 1 atom stereocenters. The van der Waals surface area contributed by atoms with E-state index >= 15 is 0 Å². The fraction of sp³-hybridized carbons (Fsp3) is 0.524. The third-order valence-corrected chi connectivity index (χ3v) is 5.97. The highest BCUT2D eigenvalue weighted by molar-refractivity contribution is 5.94. The van der Waals surface area contributed by atoms with Gasteiger partial charge in [-0.15, -0.1) is 0 Å². The number of hydrogen-bond acceptors (Lipinski definition) is 8. The average molecular weight is 411 g/mol. The third-order valence-electron chi connectivity index (χ3n) is 5.97. The first-order valence-electron chi connectivity index (χ1n) is 10.6. The minimum atomic E-state index is -0.466. The number of aromatic nitrogens is 3. The van der Waals surface area contributed by atoms with E-state index in [1.165, 1.54) is 12.8 Å². The summed E-state index contributed by atoms with van der Waals surface area (Å²) in [5, 5.41) is 10.0. The van der Waals surface area contributed by atoms with Crippen molar-refractivity contribution in [2.75, 3.05) is 35.7 Å². The van der Waals surface area contributed by atoms with Crippen molar-refractivity contribution in [3.8, 4) is 0 Å². The largest absolute Gasteiger partial charge is 0.366 e. The number of anilines is 4. The Kier molecular flexibility index (Phi) is 5.98. The molecular weight excluding hydrogens is 380 g/mol. The Morgan fingerprint density at radius 2 is 1.93 bits per heavy atom. The first-order chi connectivity index (χ1) is 14.5. The van der Waals surface area contributed by atoms with Crippen LogP contribution in [-0.4, -0.2) is 53.1 Å². The summed E-state index contributed by atoms with van der Waals surface area (Å²) in [6, 6.07) is 6.05. The fourth-order valence-electron chi connectivity index (χ4n) is 4.09. The molecular formula is C21H30N8O. The van der Waals surface area contributed by atoms with Crippen molar-refractivity contribution in [2.24, 2.45) is 5.73 Å². The molecule has 1 aromatic heterocycles. The van der Waals surface area contributed by atoms with Crippen LogP contribution in [-0.2, 0) is 0 Å². The molecule has 5 N–H and O–H groups in total. The van der Waals surface area contributed by atoms with Crippen molar-refractivity contribution in [3.05, 3.63) is 29.3 Å². The molecule has 9 nitrogen and oxygen atoms in total. The molecule has 4 rings (SSSR count). The highest BCUT2D eigenvalue weighted by atomic mass is 16.1. The third kappa shape index (κ3) is 4.62. The number of amides is 1. The van der Waals surface area contributed by atoms with Gasteiger partial charge < -0.3 is 26.6 Å². The number of aryl methyl sites for hydroxylation is 1. The molecule has 0 bridgehead atoms. The van der Waals surface area contributed by atoms with Crippen molar-refractivity contribution < 1.29 is 4.79 Å². The summed E-state index contributed by atoms with van der Waals surface area (Å²) < 4.78 is 0. The zero-order valence-corrected chi connectivity index (χ0v) is 17.6. The van der Waals surface area contributed by atoms with Crippen LogP contribution in [0.2, 0.25) is 0 Å². The van der Waals surface area contributed by atoms with Crippen molar-refractivity contribution in [2.45, 2.75) is 51.1 Å². The molecule has 9 heteroatoms. The maximum absolute atomic E-state index is 11.6. The van der Waals surface area contributed by atoms with Crippen LogP contribution in [0.4, 0.5) is 23.5 Å². The summed E-state index contributed by atoms with van der Waals surface area (Å²) in [6.45, 7) is 3.84. The highest BCUT2D eigenvalue weighted by Crippen LogP contribution is 2.27. The topological polar surface area (TPSA) is 121 Å². The minimum absolute atomic E-state index is 0.296. The lowest BCUT2D eigenvalue weighted by Gasteiger charge is -2.25. The van der Waals surface area contributed by atoms with E-state index in [2.05, 4.69) is 37.9 Å². The maximum atomic E-state index is 11.6. The van der Waals surface area contributed by atoms with Crippen molar-refractivity contribution >= 4 is 29.4 Å². The Morgan fingerprint density at radius 1 is 1.17 bits per heavy atom. The van der Waals surface area contributed by atoms with Crippen molar-refractivity contribution in [1.29, 1.82) is 0 Å². The van der Waals surface area contributed by atoms with Gasteiger partial charge in [-0.1, -0.05) is 18.9 Å². The van der Waals surface area contributed by atoms with E-state index in [0.717, 1.165) is 43.6 Å². The summed E-state index contributed by atoms with van der Waals surface area (Å²) in [6.07, 6.45) is 5.81. The standard InChI is InChI=1S/C21H30N8O/c1-13-7-8-14(18(22)30)11-17(13)25-20-26-19(24-15-9-10-23-12-15)27-21(28-20)29(2)16-5-3-4-6-16/h7-8,11,15-16,23H,3-6,9-10,12H2,1-2H3,(H2,22,30)(H2,24,25,26,27,28)/t15-/m0/s1. The number of nitrogens with two attached hydrogens (primary N) is 1. The van der Waals surface area contributed by atoms with Gasteiger partial charge in [-0.2, -0.15) is 15.0 Å². The lowest BCUT2D eigenvalue weighted by molar-refractivity contribution is 0.100. The van der Waals surface area contributed by atoms with Gasteiger partial charge in [0.15, 0.2) is 0 Å². The van der Waals surface area contributed by atoms with E-state index in [1.54, 1.807) is 12.1 Å². The lowest BCUT2D eigenvalue weighted by atomic mass is 10.1. The van der Waals surface area contributed by atoms with Crippen LogP contribution >= 0.6 is 0 Å². The van der Waals surface area contributed by atoms with Crippen LogP contribution < -0.4 is 26.6 Å². The van der Waals surface area contributed by atoms with Crippen LogP contribution in [0.1, 0.15) is 48.0 Å². The maximum Gasteiger partial charge on any atom is 0.248 e. The van der Waals surface area contributed by atoms with Gasteiger partial charge in [0.05, 0.1) is 0 Å². The van der Waals surface area contributed by atoms with E-state index < -0.39 is 5.91 Å². The number of nitrogens with one attached hydrogen (secondary N) is 3. The molecule has 1 amide bonds. The second-order valence-corrected chi connectivity index (χ2v) is 8.18. The number of carbonyl (C=O) groups is 1. The molecule has 2 heterocycles. The summed E-state index contributed by atoms with van der Waals surface area (Å²) in [7, 11) is 2.05. The summed E-state index contributed by atoms with van der Waals surface area (Å²) in [4.78, 5) is 27.7. The normalized spacial score (nSPS) is 19.1. The predicted molar refractivity (Wildman–Crippen MR) is 118 cm³/mol. The molecule has 30 heavy (non-hydrogen) atoms.